The molecule has 0 bridgehead atoms. The third-order valence-corrected chi connectivity index (χ3v) is 6.82. The smallest absolute Gasteiger partial charge is 0.278 e. The van der Waals surface area contributed by atoms with E-state index in [9.17, 15) is 9.59 Å². The van der Waals surface area contributed by atoms with Crippen LogP contribution in [0, 0.1) is 6.92 Å². The Kier molecular flexibility index (Phi) is 4.93. The normalized spacial score (nSPS) is 20.2. The molecule has 0 radical (unpaired) electrons. The van der Waals surface area contributed by atoms with E-state index in [1.165, 1.54) is 17.5 Å². The Bertz CT molecular complexity index is 1020. The highest BCUT2D eigenvalue weighted by molar-refractivity contribution is 6.35. The van der Waals surface area contributed by atoms with Crippen LogP contribution in [0.25, 0.3) is 5.57 Å². The van der Waals surface area contributed by atoms with Gasteiger partial charge in [0.1, 0.15) is 5.70 Å². The summed E-state index contributed by atoms with van der Waals surface area (Å²) in [6, 6.07) is 16.5. The lowest BCUT2D eigenvalue weighted by Gasteiger charge is -2.33. The number of imide groups is 1. The molecule has 2 amide bonds. The number of hydrogen-bond donors (Lipinski definition) is 0. The van der Waals surface area contributed by atoms with Crippen LogP contribution in [0.15, 0.2) is 54.2 Å². The first-order valence-corrected chi connectivity index (χ1v) is 11.1. The highest BCUT2D eigenvalue weighted by Crippen LogP contribution is 2.37. The van der Waals surface area contributed by atoms with Crippen LogP contribution >= 0.6 is 0 Å². The van der Waals surface area contributed by atoms with E-state index in [0.717, 1.165) is 49.8 Å². The molecule has 30 heavy (non-hydrogen) atoms. The average molecular weight is 401 g/mol. The van der Waals surface area contributed by atoms with Crippen LogP contribution in [-0.2, 0) is 22.6 Å². The molecule has 1 saturated carbocycles. The molecule has 2 aromatic carbocycles. The van der Waals surface area contributed by atoms with E-state index in [2.05, 4.69) is 23.1 Å². The van der Waals surface area contributed by atoms with Gasteiger partial charge in [-0.25, -0.2) is 0 Å². The lowest BCUT2D eigenvalue weighted by Crippen LogP contribution is -2.44. The van der Waals surface area contributed by atoms with Crippen molar-refractivity contribution in [3.8, 4) is 0 Å². The maximum Gasteiger partial charge on any atom is 0.278 e. The van der Waals surface area contributed by atoms with E-state index in [-0.39, 0.29) is 17.9 Å². The van der Waals surface area contributed by atoms with Crippen LogP contribution in [0.2, 0.25) is 0 Å². The van der Waals surface area contributed by atoms with Crippen LogP contribution in [0.4, 0.5) is 0 Å². The average Bonchev–Trinajstić information content (AvgIpc) is 3.04. The lowest BCUT2D eigenvalue weighted by atomic mass is 9.94. The Morgan fingerprint density at radius 3 is 2.27 bits per heavy atom. The Morgan fingerprint density at radius 1 is 0.833 bits per heavy atom. The highest BCUT2D eigenvalue weighted by atomic mass is 16.2. The maximum absolute atomic E-state index is 13.7. The number of amides is 2. The Hall–Kier alpha value is -2.88. The third-order valence-electron chi connectivity index (χ3n) is 6.82. The predicted molar refractivity (Wildman–Crippen MR) is 117 cm³/mol. The molecule has 0 unspecified atom stereocenters. The van der Waals surface area contributed by atoms with E-state index >= 15 is 0 Å². The quantitative estimate of drug-likeness (QED) is 0.714. The predicted octanol–water partition coefficient (Wildman–Crippen LogP) is 4.47. The molecular formula is C26H28N2O2. The zero-order chi connectivity index (χ0) is 20.7. The largest absolute Gasteiger partial charge is 0.362 e. The number of rotatable bonds is 3. The minimum atomic E-state index is -0.107. The third kappa shape index (κ3) is 3.24. The van der Waals surface area contributed by atoms with Crippen molar-refractivity contribution in [2.24, 2.45) is 0 Å². The zero-order valence-corrected chi connectivity index (χ0v) is 17.6. The summed E-state index contributed by atoms with van der Waals surface area (Å²) in [5.41, 5.74) is 5.77. The first-order valence-electron chi connectivity index (χ1n) is 11.1. The van der Waals surface area contributed by atoms with Crippen molar-refractivity contribution in [2.45, 2.75) is 58.0 Å². The summed E-state index contributed by atoms with van der Waals surface area (Å²) in [6.07, 6.45) is 6.12. The number of carbonyl (C=O) groups excluding carboxylic acids is 2. The van der Waals surface area contributed by atoms with Gasteiger partial charge in [-0.2, -0.15) is 0 Å². The second-order valence-electron chi connectivity index (χ2n) is 8.80. The molecule has 3 aliphatic rings. The van der Waals surface area contributed by atoms with Crippen molar-refractivity contribution in [3.05, 3.63) is 76.5 Å². The van der Waals surface area contributed by atoms with Crippen LogP contribution in [-0.4, -0.2) is 34.2 Å². The lowest BCUT2D eigenvalue weighted by molar-refractivity contribution is -0.141. The van der Waals surface area contributed by atoms with Gasteiger partial charge in [0.25, 0.3) is 11.8 Å². The monoisotopic (exact) mass is 400 g/mol. The van der Waals surface area contributed by atoms with Gasteiger partial charge in [-0.1, -0.05) is 73.4 Å². The summed E-state index contributed by atoms with van der Waals surface area (Å²) in [6.45, 7) is 3.48. The number of hydrogen-bond acceptors (Lipinski definition) is 3. The van der Waals surface area contributed by atoms with Crippen molar-refractivity contribution in [1.29, 1.82) is 0 Å². The van der Waals surface area contributed by atoms with Crippen LogP contribution in [0.3, 0.4) is 0 Å². The topological polar surface area (TPSA) is 40.6 Å². The molecular weight excluding hydrogens is 372 g/mol. The van der Waals surface area contributed by atoms with Gasteiger partial charge in [-0.05, 0) is 42.9 Å². The van der Waals surface area contributed by atoms with Gasteiger partial charge in [-0.3, -0.25) is 14.5 Å². The molecule has 0 atom stereocenters. The maximum atomic E-state index is 13.7. The van der Waals surface area contributed by atoms with E-state index in [1.807, 2.05) is 37.3 Å². The van der Waals surface area contributed by atoms with Gasteiger partial charge >= 0.3 is 0 Å². The molecule has 0 aromatic heterocycles. The Labute approximate surface area is 178 Å². The highest BCUT2D eigenvalue weighted by Gasteiger charge is 2.45. The van der Waals surface area contributed by atoms with Crippen molar-refractivity contribution in [2.75, 3.05) is 6.54 Å². The summed E-state index contributed by atoms with van der Waals surface area (Å²) < 4.78 is 0. The molecule has 1 aliphatic carbocycles. The van der Waals surface area contributed by atoms with Crippen molar-refractivity contribution < 1.29 is 9.59 Å². The van der Waals surface area contributed by atoms with E-state index in [4.69, 9.17) is 0 Å². The Balaban J connectivity index is 1.57. The number of carbonyl (C=O) groups is 2. The summed E-state index contributed by atoms with van der Waals surface area (Å²) in [7, 11) is 0. The summed E-state index contributed by atoms with van der Waals surface area (Å²) >= 11 is 0. The van der Waals surface area contributed by atoms with Crippen LogP contribution < -0.4 is 0 Å². The number of fused-ring (bicyclic) bond motifs is 1. The second-order valence-corrected chi connectivity index (χ2v) is 8.80. The van der Waals surface area contributed by atoms with Gasteiger partial charge in [-0.15, -0.1) is 0 Å². The summed E-state index contributed by atoms with van der Waals surface area (Å²) in [4.78, 5) is 31.0. The van der Waals surface area contributed by atoms with Gasteiger partial charge in [0, 0.05) is 19.1 Å². The van der Waals surface area contributed by atoms with Gasteiger partial charge in [0.15, 0.2) is 0 Å². The molecule has 1 fully saturated rings. The number of aryl methyl sites for hydroxylation is 1. The van der Waals surface area contributed by atoms with Crippen molar-refractivity contribution in [1.82, 2.24) is 9.80 Å². The molecule has 2 heterocycles. The van der Waals surface area contributed by atoms with Crippen molar-refractivity contribution in [3.63, 3.8) is 0 Å². The molecule has 154 valence electrons. The van der Waals surface area contributed by atoms with E-state index in [1.54, 1.807) is 4.90 Å². The molecule has 2 aromatic rings. The standard InChI is InChI=1S/C26H28N2O2/c1-18-11-13-20(14-12-18)23-24(27-16-15-19-7-5-6-8-21(19)17-27)26(30)28(25(23)29)22-9-3-2-4-10-22/h5-8,11-14,22H,2-4,9-10,15-17H2,1H3. The fraction of sp³-hybridized carbons (Fsp3) is 0.385. The second kappa shape index (κ2) is 7.75. The van der Waals surface area contributed by atoms with E-state index < -0.39 is 0 Å². The Morgan fingerprint density at radius 2 is 1.53 bits per heavy atom. The van der Waals surface area contributed by atoms with Crippen LogP contribution in [0.5, 0.6) is 0 Å². The molecule has 4 heteroatoms. The minimum absolute atomic E-state index is 0.0359. The van der Waals surface area contributed by atoms with Gasteiger partial charge in [0.05, 0.1) is 5.57 Å². The minimum Gasteiger partial charge on any atom is -0.362 e. The molecule has 0 spiro atoms. The zero-order valence-electron chi connectivity index (χ0n) is 17.6. The van der Waals surface area contributed by atoms with Gasteiger partial charge in [0.2, 0.25) is 0 Å². The molecule has 4 nitrogen and oxygen atoms in total. The summed E-state index contributed by atoms with van der Waals surface area (Å²) in [5.74, 6) is -0.202. The van der Waals surface area contributed by atoms with Crippen LogP contribution in [0.1, 0.15) is 54.4 Å². The fourth-order valence-corrected chi connectivity index (χ4v) is 5.17. The van der Waals surface area contributed by atoms with E-state index in [0.29, 0.717) is 17.8 Å². The molecule has 2 aliphatic heterocycles. The molecule has 0 saturated heterocycles. The van der Waals surface area contributed by atoms with Crippen molar-refractivity contribution >= 4 is 17.4 Å². The first kappa shape index (κ1) is 19.1. The summed E-state index contributed by atoms with van der Waals surface area (Å²) in [5, 5.41) is 0. The number of benzene rings is 2. The molecule has 0 N–H and O–H groups in total. The fourth-order valence-electron chi connectivity index (χ4n) is 5.17. The molecule has 5 rings (SSSR count). The first-order chi connectivity index (χ1) is 14.6. The van der Waals surface area contributed by atoms with Gasteiger partial charge < -0.3 is 4.90 Å². The SMILES string of the molecule is Cc1ccc(C2=C(N3CCc4ccccc4C3)C(=O)N(C3CCCCC3)C2=O)cc1. The number of nitrogens with zero attached hydrogens (tertiary/aromatic N) is 2.